The fourth-order valence-corrected chi connectivity index (χ4v) is 12.5. The van der Waals surface area contributed by atoms with Gasteiger partial charge in [-0.25, -0.2) is 0 Å². The summed E-state index contributed by atoms with van der Waals surface area (Å²) in [6.07, 6.45) is -74.9. The second-order valence-electron chi connectivity index (χ2n) is 23.5. The van der Waals surface area contributed by atoms with Gasteiger partial charge < -0.3 is 193 Å². The van der Waals surface area contributed by atoms with Gasteiger partial charge in [0.1, 0.15) is 177 Å². The van der Waals surface area contributed by atoms with Gasteiger partial charge in [-0.05, 0) is 6.42 Å². The van der Waals surface area contributed by atoms with E-state index in [1.54, 1.807) is 0 Å². The molecular weight excluding hydrogens is 1240 g/mol. The van der Waals surface area contributed by atoms with Gasteiger partial charge in [0.05, 0.1) is 77.8 Å². The molecule has 0 aliphatic carbocycles. The molecule has 27 aliphatic heterocycles. The van der Waals surface area contributed by atoms with Gasteiger partial charge in [0, 0.05) is 5.92 Å². The molecule has 27 aliphatic rings. The van der Waals surface area contributed by atoms with E-state index in [4.69, 9.17) is 75.8 Å². The van der Waals surface area contributed by atoms with Crippen molar-refractivity contribution in [2.24, 2.45) is 5.92 Å². The molecule has 27 heterocycles. The Morgan fingerprint density at radius 2 is 0.433 bits per heavy atom. The quantitative estimate of drug-likeness (QED) is 0.107. The van der Waals surface area contributed by atoms with E-state index < -0.39 is 305 Å². The highest BCUT2D eigenvalue weighted by Gasteiger charge is 2.59. The van der Waals surface area contributed by atoms with Crippen LogP contribution in [0.5, 0.6) is 0 Å². The van der Waals surface area contributed by atoms with Crippen LogP contribution < -0.4 is 0 Å². The maximum absolute atomic E-state index is 11.5. The van der Waals surface area contributed by atoms with Crippen LogP contribution in [0.2, 0.25) is 0 Å². The van der Waals surface area contributed by atoms with Crippen molar-refractivity contribution in [3.05, 3.63) is 0 Å². The highest BCUT2D eigenvalue weighted by molar-refractivity contribution is 5.02. The van der Waals surface area contributed by atoms with Crippen LogP contribution in [0.4, 0.5) is 0 Å². The first-order valence-electron chi connectivity index (χ1n) is 29.4. The van der Waals surface area contributed by atoms with Crippen LogP contribution in [0.1, 0.15) is 13.3 Å². The molecule has 39 nitrogen and oxygen atoms in total. The van der Waals surface area contributed by atoms with Gasteiger partial charge in [-0.3, -0.25) is 0 Å². The highest BCUT2D eigenvalue weighted by atomic mass is 16.8. The average Bonchev–Trinajstić information content (AvgIpc) is 0.913. The molecule has 23 N–H and O–H groups in total. The summed E-state index contributed by atoms with van der Waals surface area (Å²) in [4.78, 5) is 0. The van der Waals surface area contributed by atoms with Crippen LogP contribution in [-0.4, -0.2) is 416 Å². The van der Waals surface area contributed by atoms with E-state index >= 15 is 0 Å². The maximum atomic E-state index is 11.5. The van der Waals surface area contributed by atoms with Crippen molar-refractivity contribution in [1.29, 1.82) is 0 Å². The third-order valence-corrected chi connectivity index (χ3v) is 17.8. The van der Waals surface area contributed by atoms with E-state index in [0.717, 1.165) is 0 Å². The van der Waals surface area contributed by atoms with Crippen molar-refractivity contribution in [1.82, 2.24) is 0 Å². The van der Waals surface area contributed by atoms with Crippen LogP contribution in [0.15, 0.2) is 0 Å². The summed E-state index contributed by atoms with van der Waals surface area (Å²) in [6, 6.07) is 0. The van der Waals surface area contributed by atoms with Crippen molar-refractivity contribution in [3.8, 4) is 0 Å². The summed E-state index contributed by atoms with van der Waals surface area (Å²) in [5, 5.41) is 255. The third kappa shape index (κ3) is 14.5. The molecule has 27 fully saturated rings. The molecular formula is C51H86O39. The molecule has 39 heteroatoms. The summed E-state index contributed by atoms with van der Waals surface area (Å²) in [7, 11) is 0. The molecule has 40 unspecified atom stereocenters. The van der Waals surface area contributed by atoms with E-state index in [1.165, 1.54) is 6.92 Å². The zero-order valence-corrected chi connectivity index (χ0v) is 48.0. The Morgan fingerprint density at radius 1 is 0.222 bits per heavy atom. The number of hydrogen-bond donors (Lipinski definition) is 23. The minimum absolute atomic E-state index is 0.0471. The highest BCUT2D eigenvalue weighted by Crippen LogP contribution is 2.40. The minimum Gasteiger partial charge on any atom is -0.394 e. The molecule has 0 aromatic rings. The molecule has 0 amide bonds. The molecule has 0 radical (unpaired) electrons. The molecule has 0 aromatic carbocycles. The Balaban J connectivity index is 0.953. The van der Waals surface area contributed by atoms with E-state index in [1.807, 2.05) is 0 Å². The number of ether oxygens (including phenoxy) is 16. The number of aliphatic hydroxyl groups excluding tert-OH is 23. The van der Waals surface area contributed by atoms with E-state index in [0.29, 0.717) is 0 Å². The molecule has 27 saturated heterocycles. The zero-order chi connectivity index (χ0) is 65.5. The molecule has 16 bridgehead atoms. The van der Waals surface area contributed by atoms with Gasteiger partial charge in [0.2, 0.25) is 0 Å². The van der Waals surface area contributed by atoms with Crippen molar-refractivity contribution in [2.45, 2.75) is 253 Å². The predicted molar refractivity (Wildman–Crippen MR) is 274 cm³/mol. The first kappa shape index (κ1) is 72.7. The summed E-state index contributed by atoms with van der Waals surface area (Å²) in [5.41, 5.74) is 0. The van der Waals surface area contributed by atoms with Crippen molar-refractivity contribution >= 4 is 0 Å². The van der Waals surface area contributed by atoms with Gasteiger partial charge in [-0.1, -0.05) is 6.92 Å². The van der Waals surface area contributed by atoms with Crippen LogP contribution in [0.25, 0.3) is 0 Å². The van der Waals surface area contributed by atoms with Gasteiger partial charge in [-0.15, -0.1) is 0 Å². The first-order chi connectivity index (χ1) is 42.9. The van der Waals surface area contributed by atoms with Crippen molar-refractivity contribution in [3.63, 3.8) is 0 Å². The third-order valence-electron chi connectivity index (χ3n) is 17.8. The van der Waals surface area contributed by atoms with Crippen LogP contribution >= 0.6 is 0 Å². The van der Waals surface area contributed by atoms with Gasteiger partial charge >= 0.3 is 0 Å². The van der Waals surface area contributed by atoms with Crippen LogP contribution in [-0.2, 0) is 75.8 Å². The molecule has 524 valence electrons. The Hall–Kier alpha value is -1.56. The lowest BCUT2D eigenvalue weighted by atomic mass is 9.89. The molecule has 0 saturated carbocycles. The molecule has 27 rings (SSSR count). The largest absolute Gasteiger partial charge is 0.394 e. The molecule has 90 heavy (non-hydrogen) atoms. The lowest BCUT2D eigenvalue weighted by Gasteiger charge is -2.50. The SMILES string of the molecule is CCC1OC2OC3C(CO)OC(COCC4C(CO)OC(OC5C(CO)OC(OC6C(CO)OC(OC7C(CO)OC(OC8C(CO)OC(OC9C(CO)OC(OC1C(O)C2O)C(O)C9O)C(O)C8O)C(O)C7O)C(O)C6O)C(O)C5O)C(O)C4O)C(O)C3O. The van der Waals surface area contributed by atoms with Gasteiger partial charge in [0.15, 0.2) is 44.0 Å². The Morgan fingerprint density at radius 3 is 0.689 bits per heavy atom. The lowest BCUT2D eigenvalue weighted by molar-refractivity contribution is -0.398. The molecule has 0 aromatic heterocycles. The lowest BCUT2D eigenvalue weighted by Crippen LogP contribution is -2.68. The van der Waals surface area contributed by atoms with Gasteiger partial charge in [0.25, 0.3) is 0 Å². The average molecular weight is 1320 g/mol. The second kappa shape index (κ2) is 31.3. The molecule has 40 atom stereocenters. The van der Waals surface area contributed by atoms with Crippen LogP contribution in [0, 0.1) is 5.92 Å². The second-order valence-corrected chi connectivity index (χ2v) is 23.5. The van der Waals surface area contributed by atoms with Crippen LogP contribution in [0.3, 0.4) is 0 Å². The normalized spacial score (nSPS) is 54.7. The van der Waals surface area contributed by atoms with E-state index in [-0.39, 0.29) is 6.42 Å². The van der Waals surface area contributed by atoms with Crippen molar-refractivity contribution in [2.75, 3.05) is 59.5 Å². The van der Waals surface area contributed by atoms with Gasteiger partial charge in [-0.2, -0.15) is 0 Å². The number of rotatable bonds is 8. The Bertz CT molecular complexity index is 2170. The summed E-state index contributed by atoms with van der Waals surface area (Å²) in [5.74, 6) is -1.30. The maximum Gasteiger partial charge on any atom is 0.187 e. The fourth-order valence-electron chi connectivity index (χ4n) is 12.5. The molecule has 0 spiro atoms. The zero-order valence-electron chi connectivity index (χ0n) is 48.0. The summed E-state index contributed by atoms with van der Waals surface area (Å²) < 4.78 is 92.3. The van der Waals surface area contributed by atoms with Crippen molar-refractivity contribution < 1.29 is 193 Å². The predicted octanol–water partition coefficient (Wildman–Crippen LogP) is -15.7. The monoisotopic (exact) mass is 1320 g/mol. The summed E-state index contributed by atoms with van der Waals surface area (Å²) in [6.45, 7) is -6.66. The first-order valence-corrected chi connectivity index (χ1v) is 29.4. The summed E-state index contributed by atoms with van der Waals surface area (Å²) >= 11 is 0. The number of aliphatic hydroxyl groups is 23. The topological polar surface area (TPSA) is 613 Å². The minimum atomic E-state index is -2.23. The Kier molecular flexibility index (Phi) is 25.3. The smallest absolute Gasteiger partial charge is 0.187 e. The Labute approximate surface area is 510 Å². The number of hydrogen-bond acceptors (Lipinski definition) is 39. The fraction of sp³-hybridized carbons (Fsp3) is 1.00. The van der Waals surface area contributed by atoms with E-state index in [9.17, 15) is 117 Å². The van der Waals surface area contributed by atoms with E-state index in [2.05, 4.69) is 0 Å². The standard InChI is InChI=1S/C51H86O39/c1-2-13-38-25(62)32(69)46(77-13)85-39-15(4-53)76-21(23(60)24(39)61)11-75-10-12-14(3-52)78-45(31(68)22(12)59)86-40-16(5-54)80-48(34(71)27(40)64)88-42-18(7-56)82-50(36(73)29(42)66)90-44-20(9-58)83-51(37(74)30(44)67)89-43-19(8-57)81-49(35(72)28(43)65)87-41-17(6-55)79-47(84-38)33(70)26(41)63/h12-74H,2-11H2,1H3.